The summed E-state index contributed by atoms with van der Waals surface area (Å²) in [6.45, 7) is 0. The molecule has 22 heavy (non-hydrogen) atoms. The maximum absolute atomic E-state index is 13.6. The molecule has 0 saturated heterocycles. The summed E-state index contributed by atoms with van der Waals surface area (Å²) in [5.41, 5.74) is -0.410. The highest BCUT2D eigenvalue weighted by Gasteiger charge is 2.23. The van der Waals surface area contributed by atoms with Crippen LogP contribution in [-0.4, -0.2) is 16.2 Å². The largest absolute Gasteiger partial charge is 0.320 e. The van der Waals surface area contributed by atoms with E-state index in [1.54, 1.807) is 6.07 Å². The average Bonchev–Trinajstić information content (AvgIpc) is 2.98. The van der Waals surface area contributed by atoms with Crippen LogP contribution in [0.25, 0.3) is 11.0 Å². The lowest BCUT2D eigenvalue weighted by molar-refractivity contribution is 0.102. The summed E-state index contributed by atoms with van der Waals surface area (Å²) in [6, 6.07) is 4.71. The molecule has 1 heterocycles. The van der Waals surface area contributed by atoms with E-state index in [0.29, 0.717) is 5.52 Å². The number of carbonyl (C=O) groups excluding carboxylic acids is 1. The Balaban J connectivity index is 2.01. The second-order valence-corrected chi connectivity index (χ2v) is 4.24. The number of halogens is 4. The number of nitrogens with one attached hydrogen (secondary N) is 1. The van der Waals surface area contributed by atoms with Gasteiger partial charge in [0.15, 0.2) is 28.8 Å². The van der Waals surface area contributed by atoms with Crippen molar-refractivity contribution < 1.29 is 27.0 Å². The lowest BCUT2D eigenvalue weighted by atomic mass is 10.1. The Kier molecular flexibility index (Phi) is 3.24. The van der Waals surface area contributed by atoms with Crippen molar-refractivity contribution >= 4 is 22.6 Å². The van der Waals surface area contributed by atoms with Gasteiger partial charge in [-0.25, -0.2) is 22.2 Å². The van der Waals surface area contributed by atoms with Crippen molar-refractivity contribution in [1.82, 2.24) is 10.3 Å². The number of carbonyl (C=O) groups is 1. The number of amides is 1. The van der Waals surface area contributed by atoms with Crippen LogP contribution in [0, 0.1) is 23.3 Å². The van der Waals surface area contributed by atoms with E-state index < -0.39 is 34.7 Å². The molecule has 0 aliphatic carbocycles. The molecular formula is C13H5F4N3O2. The standard InChI is InChI=1S/C13H5F4N3O2/c14-6-4-5(9(15)11(17)10(6)16)13(21)18-7-2-1-3-8-12(7)20-22-19-8/h1-4H,(H,18,21). The summed E-state index contributed by atoms with van der Waals surface area (Å²) < 4.78 is 57.2. The van der Waals surface area contributed by atoms with Crippen molar-refractivity contribution in [2.45, 2.75) is 0 Å². The molecule has 0 unspecified atom stereocenters. The van der Waals surface area contributed by atoms with Gasteiger partial charge in [-0.1, -0.05) is 6.07 Å². The topological polar surface area (TPSA) is 68.0 Å². The number of hydrogen-bond donors (Lipinski definition) is 1. The van der Waals surface area contributed by atoms with Crippen LogP contribution in [0.15, 0.2) is 28.9 Å². The fraction of sp³-hybridized carbons (Fsp3) is 0. The van der Waals surface area contributed by atoms with E-state index in [-0.39, 0.29) is 17.3 Å². The summed E-state index contributed by atoms with van der Waals surface area (Å²) in [7, 11) is 0. The molecule has 0 radical (unpaired) electrons. The SMILES string of the molecule is O=C(Nc1cccc2nonc12)c1cc(F)c(F)c(F)c1F. The second-order valence-electron chi connectivity index (χ2n) is 4.24. The summed E-state index contributed by atoms with van der Waals surface area (Å²) in [5.74, 6) is -8.69. The Labute approximate surface area is 119 Å². The highest BCUT2D eigenvalue weighted by molar-refractivity contribution is 6.08. The molecule has 0 bridgehead atoms. The number of anilines is 1. The molecule has 1 aromatic heterocycles. The van der Waals surface area contributed by atoms with E-state index >= 15 is 0 Å². The van der Waals surface area contributed by atoms with Crippen LogP contribution >= 0.6 is 0 Å². The fourth-order valence-electron chi connectivity index (χ4n) is 1.83. The van der Waals surface area contributed by atoms with Crippen molar-refractivity contribution in [1.29, 1.82) is 0 Å². The van der Waals surface area contributed by atoms with Gasteiger partial charge in [0.1, 0.15) is 5.52 Å². The molecule has 3 rings (SSSR count). The smallest absolute Gasteiger partial charge is 0.258 e. The van der Waals surface area contributed by atoms with Crippen molar-refractivity contribution in [3.8, 4) is 0 Å². The van der Waals surface area contributed by atoms with Crippen LogP contribution in [0.3, 0.4) is 0 Å². The molecule has 0 saturated carbocycles. The van der Waals surface area contributed by atoms with Gasteiger partial charge in [-0.05, 0) is 28.5 Å². The van der Waals surface area contributed by atoms with Crippen LogP contribution in [0.4, 0.5) is 23.2 Å². The van der Waals surface area contributed by atoms with Gasteiger partial charge in [-0.15, -0.1) is 0 Å². The Hall–Kier alpha value is -2.97. The molecule has 0 atom stereocenters. The minimum atomic E-state index is -2.06. The second kappa shape index (κ2) is 5.10. The molecule has 0 aliphatic heterocycles. The predicted molar refractivity (Wildman–Crippen MR) is 66.0 cm³/mol. The molecule has 9 heteroatoms. The van der Waals surface area contributed by atoms with Crippen LogP contribution in [0.5, 0.6) is 0 Å². The number of hydrogen-bond acceptors (Lipinski definition) is 4. The lowest BCUT2D eigenvalue weighted by Crippen LogP contribution is -2.16. The maximum atomic E-state index is 13.6. The Morgan fingerprint density at radius 3 is 2.59 bits per heavy atom. The van der Waals surface area contributed by atoms with Gasteiger partial charge < -0.3 is 5.32 Å². The monoisotopic (exact) mass is 311 g/mol. The first kappa shape index (κ1) is 14.0. The van der Waals surface area contributed by atoms with Gasteiger partial charge in [-0.2, -0.15) is 0 Å². The summed E-state index contributed by atoms with van der Waals surface area (Å²) in [5, 5.41) is 9.27. The zero-order valence-corrected chi connectivity index (χ0v) is 10.5. The summed E-state index contributed by atoms with van der Waals surface area (Å²) >= 11 is 0. The molecular weight excluding hydrogens is 306 g/mol. The van der Waals surface area contributed by atoms with Gasteiger partial charge in [0.2, 0.25) is 0 Å². The maximum Gasteiger partial charge on any atom is 0.258 e. The molecule has 1 amide bonds. The van der Waals surface area contributed by atoms with Crippen molar-refractivity contribution in [2.24, 2.45) is 0 Å². The molecule has 3 aromatic rings. The molecule has 1 N–H and O–H groups in total. The first-order valence-electron chi connectivity index (χ1n) is 5.84. The number of nitrogens with zero attached hydrogens (tertiary/aromatic N) is 2. The Morgan fingerprint density at radius 1 is 1.05 bits per heavy atom. The third-order valence-electron chi connectivity index (χ3n) is 2.88. The van der Waals surface area contributed by atoms with Gasteiger partial charge in [0.05, 0.1) is 11.3 Å². The van der Waals surface area contributed by atoms with E-state index in [1.165, 1.54) is 12.1 Å². The summed E-state index contributed by atoms with van der Waals surface area (Å²) in [4.78, 5) is 11.9. The number of fused-ring (bicyclic) bond motifs is 1. The van der Waals surface area contributed by atoms with Gasteiger partial charge >= 0.3 is 0 Å². The van der Waals surface area contributed by atoms with Gasteiger partial charge in [0.25, 0.3) is 5.91 Å². The number of benzene rings is 2. The third kappa shape index (κ3) is 2.16. The molecule has 5 nitrogen and oxygen atoms in total. The fourth-order valence-corrected chi connectivity index (χ4v) is 1.83. The third-order valence-corrected chi connectivity index (χ3v) is 2.88. The Morgan fingerprint density at radius 2 is 1.82 bits per heavy atom. The van der Waals surface area contributed by atoms with E-state index in [1.807, 2.05) is 0 Å². The van der Waals surface area contributed by atoms with E-state index in [2.05, 4.69) is 20.3 Å². The van der Waals surface area contributed by atoms with Crippen LogP contribution in [0.2, 0.25) is 0 Å². The normalized spacial score (nSPS) is 10.9. The highest BCUT2D eigenvalue weighted by atomic mass is 19.2. The number of aromatic nitrogens is 2. The van der Waals surface area contributed by atoms with E-state index in [9.17, 15) is 22.4 Å². The minimum Gasteiger partial charge on any atom is -0.320 e. The van der Waals surface area contributed by atoms with E-state index in [0.717, 1.165) is 0 Å². The van der Waals surface area contributed by atoms with Crippen LogP contribution in [-0.2, 0) is 0 Å². The van der Waals surface area contributed by atoms with Crippen molar-refractivity contribution in [3.05, 3.63) is 53.1 Å². The predicted octanol–water partition coefficient (Wildman–Crippen LogP) is 3.03. The quantitative estimate of drug-likeness (QED) is 0.449. The number of rotatable bonds is 2. The Bertz CT molecular complexity index is 894. The van der Waals surface area contributed by atoms with Crippen LogP contribution in [0.1, 0.15) is 10.4 Å². The first-order valence-corrected chi connectivity index (χ1v) is 5.84. The minimum absolute atomic E-state index is 0.0910. The van der Waals surface area contributed by atoms with Gasteiger partial charge in [-0.3, -0.25) is 4.79 Å². The average molecular weight is 311 g/mol. The van der Waals surface area contributed by atoms with Gasteiger partial charge in [0, 0.05) is 0 Å². The highest BCUT2D eigenvalue weighted by Crippen LogP contribution is 2.23. The van der Waals surface area contributed by atoms with Crippen LogP contribution < -0.4 is 5.32 Å². The molecule has 112 valence electrons. The summed E-state index contributed by atoms with van der Waals surface area (Å²) in [6.07, 6.45) is 0. The molecule has 0 fully saturated rings. The first-order chi connectivity index (χ1) is 10.5. The molecule has 0 spiro atoms. The van der Waals surface area contributed by atoms with Crippen molar-refractivity contribution in [2.75, 3.05) is 5.32 Å². The molecule has 2 aromatic carbocycles. The zero-order valence-electron chi connectivity index (χ0n) is 10.5. The zero-order chi connectivity index (χ0) is 15.9. The van der Waals surface area contributed by atoms with E-state index in [4.69, 9.17) is 0 Å². The van der Waals surface area contributed by atoms with Crippen molar-refractivity contribution in [3.63, 3.8) is 0 Å². The molecule has 0 aliphatic rings. The lowest BCUT2D eigenvalue weighted by Gasteiger charge is -2.07.